The van der Waals surface area contributed by atoms with E-state index in [9.17, 15) is 8.78 Å². The number of fused-ring (bicyclic) bond motifs is 2. The molecule has 39 heavy (non-hydrogen) atoms. The van der Waals surface area contributed by atoms with E-state index in [1.807, 2.05) is 18.2 Å². The first-order chi connectivity index (χ1) is 18.7. The molecule has 1 saturated heterocycles. The van der Waals surface area contributed by atoms with E-state index in [2.05, 4.69) is 80.3 Å². The molecule has 6 rings (SSSR count). The van der Waals surface area contributed by atoms with Gasteiger partial charge >= 0.3 is 6.61 Å². The summed E-state index contributed by atoms with van der Waals surface area (Å²) in [4.78, 5) is 2.44. The van der Waals surface area contributed by atoms with Crippen LogP contribution in [0.25, 0.3) is 0 Å². The highest BCUT2D eigenvalue weighted by atomic mass is 19.3. The van der Waals surface area contributed by atoms with E-state index in [0.717, 1.165) is 30.5 Å². The zero-order valence-corrected chi connectivity index (χ0v) is 23.1. The molecule has 0 spiro atoms. The largest absolute Gasteiger partial charge is 0.433 e. The van der Waals surface area contributed by atoms with Gasteiger partial charge in [0.25, 0.3) is 0 Å². The normalized spacial score (nSPS) is 28.3. The quantitative estimate of drug-likeness (QED) is 0.354. The van der Waals surface area contributed by atoms with Crippen LogP contribution in [0.15, 0.2) is 78.9 Å². The first-order valence-electron chi connectivity index (χ1n) is 14.5. The Morgan fingerprint density at radius 1 is 0.872 bits per heavy atom. The monoisotopic (exact) mass is 530 g/mol. The van der Waals surface area contributed by atoms with Crippen molar-refractivity contribution in [2.45, 2.75) is 82.5 Å². The molecule has 206 valence electrons. The zero-order chi connectivity index (χ0) is 27.3. The van der Waals surface area contributed by atoms with Crippen LogP contribution in [0.2, 0.25) is 0 Å². The molecule has 0 aromatic heterocycles. The van der Waals surface area contributed by atoms with Gasteiger partial charge in [-0.1, -0.05) is 93.9 Å². The fourth-order valence-electron chi connectivity index (χ4n) is 7.74. The van der Waals surface area contributed by atoms with E-state index < -0.39 is 6.61 Å². The minimum atomic E-state index is -2.89. The molecule has 1 aliphatic heterocycles. The molecule has 2 bridgehead atoms. The number of nitrogens with zero attached hydrogens (tertiary/aromatic N) is 1. The average Bonchev–Trinajstić information content (AvgIpc) is 3.64. The number of halogens is 2. The van der Waals surface area contributed by atoms with Crippen LogP contribution in [0.4, 0.5) is 14.5 Å². The highest BCUT2D eigenvalue weighted by molar-refractivity contribution is 5.64. The molecule has 3 aromatic rings. The maximum atomic E-state index is 13.8. The van der Waals surface area contributed by atoms with Crippen LogP contribution < -0.4 is 15.4 Å². The van der Waals surface area contributed by atoms with Gasteiger partial charge in [-0.3, -0.25) is 0 Å². The first kappa shape index (κ1) is 26.3. The Balaban J connectivity index is 1.59. The topological polar surface area (TPSA) is 38.5 Å². The summed E-state index contributed by atoms with van der Waals surface area (Å²) < 4.78 is 32.8. The summed E-state index contributed by atoms with van der Waals surface area (Å²) in [6.45, 7) is 3.59. The average molecular weight is 531 g/mol. The summed E-state index contributed by atoms with van der Waals surface area (Å²) in [5, 5.41) is 0. The van der Waals surface area contributed by atoms with Crippen LogP contribution in [0.3, 0.4) is 0 Å². The third-order valence-corrected chi connectivity index (χ3v) is 9.55. The maximum absolute atomic E-state index is 13.8. The van der Waals surface area contributed by atoms with Crippen LogP contribution in [0, 0.1) is 17.8 Å². The second kappa shape index (κ2) is 10.2. The number of alkyl halides is 2. The number of rotatable bonds is 6. The lowest BCUT2D eigenvalue weighted by Crippen LogP contribution is -2.55. The van der Waals surface area contributed by atoms with Gasteiger partial charge in [0.1, 0.15) is 5.75 Å². The second-order valence-electron chi connectivity index (χ2n) is 12.8. The van der Waals surface area contributed by atoms with Gasteiger partial charge in [-0.2, -0.15) is 8.78 Å². The molecule has 0 amide bonds. The molecule has 3 aromatic carbocycles. The molecule has 3 fully saturated rings. The lowest BCUT2D eigenvalue weighted by atomic mass is 9.79. The second-order valence-corrected chi connectivity index (χ2v) is 12.8. The Kier molecular flexibility index (Phi) is 6.91. The highest BCUT2D eigenvalue weighted by Crippen LogP contribution is 2.61. The lowest BCUT2D eigenvalue weighted by Gasteiger charge is -2.46. The van der Waals surface area contributed by atoms with Crippen molar-refractivity contribution in [1.29, 1.82) is 0 Å². The molecule has 0 radical (unpaired) electrons. The fourth-order valence-corrected chi connectivity index (χ4v) is 7.74. The Labute approximate surface area is 231 Å². The minimum Gasteiger partial charge on any atom is -0.433 e. The van der Waals surface area contributed by atoms with Crippen molar-refractivity contribution in [1.82, 2.24) is 0 Å². The van der Waals surface area contributed by atoms with Crippen molar-refractivity contribution in [2.75, 3.05) is 4.90 Å². The van der Waals surface area contributed by atoms with Gasteiger partial charge in [0, 0.05) is 18.0 Å². The minimum absolute atomic E-state index is 0.0132. The summed E-state index contributed by atoms with van der Waals surface area (Å²) in [5.74, 6) is 1.98. The van der Waals surface area contributed by atoms with Crippen molar-refractivity contribution in [3.63, 3.8) is 0 Å². The van der Waals surface area contributed by atoms with Crippen LogP contribution in [0.5, 0.6) is 5.75 Å². The van der Waals surface area contributed by atoms with Crippen molar-refractivity contribution in [2.24, 2.45) is 23.5 Å². The Bertz CT molecular complexity index is 1240. The number of nitrogens with two attached hydrogens (primary N) is 1. The van der Waals surface area contributed by atoms with Gasteiger partial charge in [0.15, 0.2) is 0 Å². The number of benzene rings is 3. The molecule has 2 saturated carbocycles. The van der Waals surface area contributed by atoms with Crippen LogP contribution in [0.1, 0.15) is 69.1 Å². The van der Waals surface area contributed by atoms with Gasteiger partial charge in [-0.05, 0) is 71.3 Å². The number of ether oxygens (including phenoxy) is 1. The summed E-state index contributed by atoms with van der Waals surface area (Å²) in [7, 11) is 0. The third-order valence-electron chi connectivity index (χ3n) is 9.55. The molecule has 3 nitrogen and oxygen atoms in total. The van der Waals surface area contributed by atoms with E-state index in [1.165, 1.54) is 17.5 Å². The van der Waals surface area contributed by atoms with Gasteiger partial charge in [0.2, 0.25) is 0 Å². The summed E-state index contributed by atoms with van der Waals surface area (Å²) in [6.07, 6.45) is 4.45. The Morgan fingerprint density at radius 2 is 1.51 bits per heavy atom. The molecule has 3 aliphatic rings. The highest BCUT2D eigenvalue weighted by Gasteiger charge is 2.60. The van der Waals surface area contributed by atoms with E-state index in [0.29, 0.717) is 17.8 Å². The van der Waals surface area contributed by atoms with E-state index in [4.69, 9.17) is 10.5 Å². The molecule has 2 aliphatic carbocycles. The molecule has 2 N–H and O–H groups in total. The molecule has 6 unspecified atom stereocenters. The predicted molar refractivity (Wildman–Crippen MR) is 153 cm³/mol. The number of anilines is 1. The molecule has 6 atom stereocenters. The van der Waals surface area contributed by atoms with Crippen LogP contribution in [-0.2, 0) is 5.41 Å². The number of hydrogen-bond acceptors (Lipinski definition) is 3. The number of hydrogen-bond donors (Lipinski definition) is 1. The molecule has 5 heteroatoms. The maximum Gasteiger partial charge on any atom is 0.387 e. The van der Waals surface area contributed by atoms with Crippen molar-refractivity contribution in [3.8, 4) is 5.75 Å². The summed E-state index contributed by atoms with van der Waals surface area (Å²) in [5.41, 5.74) is 11.5. The van der Waals surface area contributed by atoms with Gasteiger partial charge in [0.05, 0.1) is 11.7 Å². The molecular formula is C34H40F2N2O. The van der Waals surface area contributed by atoms with Crippen molar-refractivity contribution in [3.05, 3.63) is 95.6 Å². The van der Waals surface area contributed by atoms with Gasteiger partial charge in [-0.15, -0.1) is 0 Å². The summed E-state index contributed by atoms with van der Waals surface area (Å²) in [6, 6.07) is 27.0. The third kappa shape index (κ3) is 4.95. The Morgan fingerprint density at radius 3 is 2.10 bits per heavy atom. The van der Waals surface area contributed by atoms with E-state index >= 15 is 0 Å². The molecule has 1 heterocycles. The van der Waals surface area contributed by atoms with Gasteiger partial charge in [-0.25, -0.2) is 0 Å². The predicted octanol–water partition coefficient (Wildman–Crippen LogP) is 7.74. The van der Waals surface area contributed by atoms with Gasteiger partial charge < -0.3 is 15.4 Å². The van der Waals surface area contributed by atoms with Crippen LogP contribution >= 0.6 is 0 Å². The van der Waals surface area contributed by atoms with Crippen molar-refractivity contribution < 1.29 is 13.5 Å². The Hall–Kier alpha value is -2.92. The SMILES string of the molecule is CC(C)(C)c1ccc(OC(F)F)c(N2C3CCCC4C(C3)C4C(N)C2C(c2ccccc2)c2ccccc2)c1. The van der Waals surface area contributed by atoms with E-state index in [-0.39, 0.29) is 35.2 Å². The zero-order valence-electron chi connectivity index (χ0n) is 23.1. The standard InChI is InChI=1S/C34H40F2N2O/c1-34(2,3)23-17-18-28(39-33(35)36)27(19-23)38-24-15-10-16-25-26(20-24)30(25)31(37)32(38)29(21-11-6-4-7-12-21)22-13-8-5-9-14-22/h4-9,11-14,17-19,24-26,29-33H,10,15-16,20,37H2,1-3H3. The molecular weight excluding hydrogens is 490 g/mol. The smallest absolute Gasteiger partial charge is 0.387 e. The fraction of sp³-hybridized carbons (Fsp3) is 0.471. The van der Waals surface area contributed by atoms with Crippen molar-refractivity contribution >= 4 is 5.69 Å². The van der Waals surface area contributed by atoms with E-state index in [1.54, 1.807) is 6.07 Å². The lowest BCUT2D eigenvalue weighted by molar-refractivity contribution is -0.0496. The first-order valence-corrected chi connectivity index (χ1v) is 14.5. The summed E-state index contributed by atoms with van der Waals surface area (Å²) >= 11 is 0. The van der Waals surface area contributed by atoms with Crippen LogP contribution in [-0.4, -0.2) is 24.7 Å².